The fourth-order valence-electron chi connectivity index (χ4n) is 3.71. The van der Waals surface area contributed by atoms with Gasteiger partial charge in [-0.25, -0.2) is 18.4 Å². The van der Waals surface area contributed by atoms with Crippen LogP contribution in [-0.4, -0.2) is 57.6 Å². The molecule has 11 heteroatoms. The predicted molar refractivity (Wildman–Crippen MR) is 120 cm³/mol. The number of carbonyl (C=O) groups is 3. The minimum absolute atomic E-state index is 0.0509. The Kier molecular flexibility index (Phi) is 6.75. The second-order valence-corrected chi connectivity index (χ2v) is 9.07. The number of carboxylic acids is 1. The molecule has 0 radical (unpaired) electrons. The number of amides is 3. The second-order valence-electron chi connectivity index (χ2n) is 8.63. The van der Waals surface area contributed by atoms with Gasteiger partial charge < -0.3 is 10.0 Å². The van der Waals surface area contributed by atoms with Crippen molar-refractivity contribution in [3.63, 3.8) is 0 Å². The Morgan fingerprint density at radius 3 is 2.29 bits per heavy atom. The molecule has 3 rings (SSSR count). The summed E-state index contributed by atoms with van der Waals surface area (Å²) in [7, 11) is 1.34. The number of halogens is 3. The number of imide groups is 1. The molecule has 1 saturated heterocycles. The van der Waals surface area contributed by atoms with Gasteiger partial charge in [-0.2, -0.15) is 4.91 Å². The normalized spacial score (nSPS) is 18.1. The van der Waals surface area contributed by atoms with Crippen molar-refractivity contribution in [3.8, 4) is 11.1 Å². The molecule has 0 spiro atoms. The molecule has 3 amide bonds. The van der Waals surface area contributed by atoms with E-state index in [-0.39, 0.29) is 11.1 Å². The Morgan fingerprint density at radius 2 is 1.82 bits per heavy atom. The first kappa shape index (κ1) is 25.2. The molecule has 1 N–H and O–H groups in total. The van der Waals surface area contributed by atoms with Crippen molar-refractivity contribution < 1.29 is 28.3 Å². The monoisotopic (exact) mass is 493 g/mol. The number of carbonyl (C=O) groups excluding carboxylic acids is 2. The molecule has 2 unspecified atom stereocenters. The van der Waals surface area contributed by atoms with E-state index in [2.05, 4.69) is 5.18 Å². The number of urea groups is 1. The number of nitrogens with zero attached hydrogens (tertiary/aromatic N) is 3. The lowest BCUT2D eigenvalue weighted by Gasteiger charge is -2.27. The third kappa shape index (κ3) is 4.50. The summed E-state index contributed by atoms with van der Waals surface area (Å²) >= 11 is 5.84. The highest BCUT2D eigenvalue weighted by Crippen LogP contribution is 2.36. The fraction of sp³-hybridized carbons (Fsp3) is 0.348. The molecule has 2 aromatic rings. The summed E-state index contributed by atoms with van der Waals surface area (Å²) < 4.78 is 30.4. The summed E-state index contributed by atoms with van der Waals surface area (Å²) in [6, 6.07) is 7.54. The molecule has 0 aromatic heterocycles. The van der Waals surface area contributed by atoms with E-state index in [4.69, 9.17) is 11.6 Å². The first-order chi connectivity index (χ1) is 15.8. The molecule has 0 saturated carbocycles. The lowest BCUT2D eigenvalue weighted by Crippen LogP contribution is -2.49. The van der Waals surface area contributed by atoms with Gasteiger partial charge in [-0.05, 0) is 43.2 Å². The first-order valence-corrected chi connectivity index (χ1v) is 10.6. The zero-order chi connectivity index (χ0) is 25.4. The maximum Gasteiger partial charge on any atom is 0.343 e. The Labute approximate surface area is 199 Å². The molecule has 0 bridgehead atoms. The lowest BCUT2D eigenvalue weighted by atomic mass is 9.91. The minimum atomic E-state index is -3.20. The van der Waals surface area contributed by atoms with Crippen LogP contribution in [0.2, 0.25) is 5.02 Å². The summed E-state index contributed by atoms with van der Waals surface area (Å²) in [4.78, 5) is 49.9. The second kappa shape index (κ2) is 9.09. The van der Waals surface area contributed by atoms with Crippen molar-refractivity contribution in [2.75, 3.05) is 13.6 Å². The number of hydrogen-bond acceptors (Lipinski definition) is 5. The molecule has 1 aliphatic heterocycles. The van der Waals surface area contributed by atoms with Crippen LogP contribution in [0, 0.1) is 10.7 Å². The van der Waals surface area contributed by atoms with Crippen LogP contribution in [0.4, 0.5) is 13.6 Å². The van der Waals surface area contributed by atoms with E-state index in [1.165, 1.54) is 33.0 Å². The quantitative estimate of drug-likeness (QED) is 0.419. The van der Waals surface area contributed by atoms with Gasteiger partial charge >= 0.3 is 12.0 Å². The number of carboxylic acid groups (broad SMARTS) is 1. The van der Waals surface area contributed by atoms with Crippen LogP contribution in [0.25, 0.3) is 11.1 Å². The molecule has 2 aromatic carbocycles. The number of likely N-dealkylation sites (N-methyl/N-ethyl adjacent to an activating group) is 1. The van der Waals surface area contributed by atoms with Gasteiger partial charge in [-0.1, -0.05) is 41.0 Å². The van der Waals surface area contributed by atoms with E-state index in [9.17, 15) is 28.8 Å². The summed E-state index contributed by atoms with van der Waals surface area (Å²) in [5.74, 6) is -3.49. The van der Waals surface area contributed by atoms with Gasteiger partial charge in [0.25, 0.3) is 5.91 Å². The average Bonchev–Trinajstić information content (AvgIpc) is 2.93. The van der Waals surface area contributed by atoms with E-state index < -0.39 is 53.9 Å². The van der Waals surface area contributed by atoms with Crippen LogP contribution < -0.4 is 0 Å². The molecule has 1 fully saturated rings. The van der Waals surface area contributed by atoms with Gasteiger partial charge in [0.15, 0.2) is 0 Å². The Balaban J connectivity index is 1.88. The summed E-state index contributed by atoms with van der Waals surface area (Å²) in [6.45, 7) is 1.76. The number of rotatable bonds is 8. The van der Waals surface area contributed by atoms with Crippen molar-refractivity contribution in [1.29, 1.82) is 0 Å². The summed E-state index contributed by atoms with van der Waals surface area (Å²) in [6.07, 6.45) is -1.01. The number of hydrogen-bond donors (Lipinski definition) is 1. The van der Waals surface area contributed by atoms with Crippen molar-refractivity contribution in [2.24, 2.45) is 5.18 Å². The highest BCUT2D eigenvalue weighted by atomic mass is 35.5. The molecule has 1 heterocycles. The van der Waals surface area contributed by atoms with Crippen LogP contribution in [-0.2, 0) is 9.59 Å². The molecule has 0 aliphatic carbocycles. The van der Waals surface area contributed by atoms with Crippen molar-refractivity contribution in [1.82, 2.24) is 9.80 Å². The largest absolute Gasteiger partial charge is 0.479 e. The summed E-state index contributed by atoms with van der Waals surface area (Å²) in [5.41, 5.74) is -3.85. The van der Waals surface area contributed by atoms with Crippen LogP contribution >= 0.6 is 11.6 Å². The maximum absolute atomic E-state index is 15.6. The van der Waals surface area contributed by atoms with Gasteiger partial charge in [0.05, 0.1) is 6.54 Å². The maximum atomic E-state index is 15.6. The van der Waals surface area contributed by atoms with Gasteiger partial charge in [-0.15, -0.1) is 0 Å². The van der Waals surface area contributed by atoms with E-state index in [0.29, 0.717) is 15.5 Å². The SMILES string of the molecule is CN1C(=O)N(CC(F)(CC(N=O)c2ccc(-c3ccc(Cl)cc3)c(F)c2)C(=O)O)C(=O)C1(C)C. The van der Waals surface area contributed by atoms with Crippen LogP contribution in [0.15, 0.2) is 47.6 Å². The van der Waals surface area contributed by atoms with Crippen LogP contribution in [0.3, 0.4) is 0 Å². The average molecular weight is 494 g/mol. The number of nitroso groups, excluding NO2 is 1. The Hall–Kier alpha value is -3.40. The smallest absolute Gasteiger partial charge is 0.343 e. The first-order valence-electron chi connectivity index (χ1n) is 10.2. The van der Waals surface area contributed by atoms with E-state index in [1.54, 1.807) is 24.3 Å². The molecule has 8 nitrogen and oxygen atoms in total. The van der Waals surface area contributed by atoms with Crippen molar-refractivity contribution in [2.45, 2.75) is 37.5 Å². The predicted octanol–water partition coefficient (Wildman–Crippen LogP) is 4.81. The topological polar surface area (TPSA) is 107 Å². The molecule has 2 atom stereocenters. The van der Waals surface area contributed by atoms with Gasteiger partial charge in [0.1, 0.15) is 17.4 Å². The fourth-order valence-corrected chi connectivity index (χ4v) is 3.84. The molecule has 34 heavy (non-hydrogen) atoms. The standard InChI is InChI=1S/C23H22ClF2N3O5/c1-22(2)19(30)29(21(33)28(22)3)12-23(26,20(31)32)11-18(27-34)14-6-9-16(17(25)10-14)13-4-7-15(24)8-5-13/h4-10,18H,11-12H2,1-3H3,(H,31,32). The van der Waals surface area contributed by atoms with E-state index in [0.717, 1.165) is 11.0 Å². The molecule has 180 valence electrons. The van der Waals surface area contributed by atoms with Gasteiger partial charge in [0.2, 0.25) is 5.67 Å². The minimum Gasteiger partial charge on any atom is -0.479 e. The van der Waals surface area contributed by atoms with Gasteiger partial charge in [0, 0.05) is 24.1 Å². The Bertz CT molecular complexity index is 1160. The van der Waals surface area contributed by atoms with Crippen LogP contribution in [0.5, 0.6) is 0 Å². The molecule has 1 aliphatic rings. The van der Waals surface area contributed by atoms with Crippen molar-refractivity contribution in [3.05, 3.63) is 63.8 Å². The third-order valence-corrected chi connectivity index (χ3v) is 6.35. The lowest BCUT2D eigenvalue weighted by molar-refractivity contribution is -0.153. The number of benzene rings is 2. The zero-order valence-electron chi connectivity index (χ0n) is 18.6. The highest BCUT2D eigenvalue weighted by molar-refractivity contribution is 6.30. The van der Waals surface area contributed by atoms with Gasteiger partial charge in [-0.3, -0.25) is 9.69 Å². The Morgan fingerprint density at radius 1 is 1.21 bits per heavy atom. The summed E-state index contributed by atoms with van der Waals surface area (Å²) in [5, 5.41) is 12.8. The van der Waals surface area contributed by atoms with Crippen molar-refractivity contribution >= 4 is 29.5 Å². The third-order valence-electron chi connectivity index (χ3n) is 6.09. The zero-order valence-corrected chi connectivity index (χ0v) is 19.3. The number of aliphatic carboxylic acids is 1. The van der Waals surface area contributed by atoms with Crippen LogP contribution in [0.1, 0.15) is 31.9 Å². The van der Waals surface area contributed by atoms with E-state index in [1.807, 2.05) is 0 Å². The molecular formula is C23H22ClF2N3O5. The molecular weight excluding hydrogens is 472 g/mol. The highest BCUT2D eigenvalue weighted by Gasteiger charge is 2.54. The number of alkyl halides is 1. The van der Waals surface area contributed by atoms with E-state index >= 15 is 4.39 Å².